The van der Waals surface area contributed by atoms with Gasteiger partial charge in [-0.1, -0.05) is 12.1 Å². The Bertz CT molecular complexity index is 1450. The van der Waals surface area contributed by atoms with Crippen molar-refractivity contribution in [1.82, 2.24) is 24.6 Å². The van der Waals surface area contributed by atoms with E-state index in [1.54, 1.807) is 22.9 Å². The van der Waals surface area contributed by atoms with Crippen molar-refractivity contribution >= 4 is 17.5 Å². The number of halogens is 1. The van der Waals surface area contributed by atoms with Crippen LogP contribution in [0, 0.1) is 5.82 Å². The average Bonchev–Trinajstić information content (AvgIpc) is 3.37. The van der Waals surface area contributed by atoms with Crippen molar-refractivity contribution in [2.75, 3.05) is 5.32 Å². The first kappa shape index (κ1) is 19.0. The maximum atomic E-state index is 13.6. The topological polar surface area (TPSA) is 123 Å². The van der Waals surface area contributed by atoms with E-state index in [-0.39, 0.29) is 29.5 Å². The second-order valence-corrected chi connectivity index (χ2v) is 7.60. The van der Waals surface area contributed by atoms with Crippen molar-refractivity contribution in [3.05, 3.63) is 74.8 Å². The van der Waals surface area contributed by atoms with Gasteiger partial charge < -0.3 is 15.4 Å². The number of hydrogen-bond acceptors (Lipinski definition) is 6. The van der Waals surface area contributed by atoms with Gasteiger partial charge in [0.15, 0.2) is 11.1 Å². The summed E-state index contributed by atoms with van der Waals surface area (Å²) in [5.41, 5.74) is 1.67. The minimum absolute atomic E-state index is 0.195. The van der Waals surface area contributed by atoms with Crippen molar-refractivity contribution in [2.24, 2.45) is 4.99 Å². The van der Waals surface area contributed by atoms with E-state index >= 15 is 0 Å². The van der Waals surface area contributed by atoms with E-state index in [0.717, 1.165) is 18.4 Å². The third kappa shape index (κ3) is 3.91. The van der Waals surface area contributed by atoms with Crippen LogP contribution in [0.5, 0.6) is 5.88 Å². The van der Waals surface area contributed by atoms with E-state index in [9.17, 15) is 14.3 Å². The van der Waals surface area contributed by atoms with Gasteiger partial charge in [0.2, 0.25) is 5.88 Å². The van der Waals surface area contributed by atoms with Crippen LogP contribution in [0.25, 0.3) is 11.7 Å². The maximum absolute atomic E-state index is 13.6. The summed E-state index contributed by atoms with van der Waals surface area (Å²) in [5.74, 6) is -0.00111. The predicted molar refractivity (Wildman–Crippen MR) is 112 cm³/mol. The van der Waals surface area contributed by atoms with Crippen molar-refractivity contribution < 1.29 is 9.50 Å². The molecule has 0 spiro atoms. The first-order chi connectivity index (χ1) is 15.0. The Morgan fingerprint density at radius 3 is 2.90 bits per heavy atom. The molecule has 9 nitrogen and oxygen atoms in total. The molecule has 0 aliphatic heterocycles. The van der Waals surface area contributed by atoms with Gasteiger partial charge in [-0.05, 0) is 43.5 Å². The number of aromatic nitrogens is 5. The molecule has 0 amide bonds. The average molecular weight is 421 g/mol. The fourth-order valence-corrected chi connectivity index (χ4v) is 3.35. The zero-order chi connectivity index (χ0) is 21.5. The van der Waals surface area contributed by atoms with Gasteiger partial charge in [0.05, 0.1) is 18.3 Å². The SMILES string of the molecule is CC(Nc1cc(=NC2CC2)n2nc/c(=C\c3[nH]c(=O)[nH]c3O)c2n1)c1cccc(F)c1. The molecule has 10 heteroatoms. The molecule has 1 atom stereocenters. The molecule has 1 aliphatic carbocycles. The highest BCUT2D eigenvalue weighted by Gasteiger charge is 2.20. The lowest BCUT2D eigenvalue weighted by Crippen LogP contribution is -2.21. The number of H-pyrrole nitrogens is 2. The molecule has 4 aromatic rings. The number of rotatable bonds is 5. The van der Waals surface area contributed by atoms with Gasteiger partial charge in [-0.15, -0.1) is 0 Å². The second-order valence-electron chi connectivity index (χ2n) is 7.60. The van der Waals surface area contributed by atoms with Crippen LogP contribution in [0.2, 0.25) is 0 Å². The fraction of sp³-hybridized carbons (Fsp3) is 0.238. The van der Waals surface area contributed by atoms with Gasteiger partial charge in [-0.2, -0.15) is 9.61 Å². The summed E-state index contributed by atoms with van der Waals surface area (Å²) in [4.78, 5) is 25.6. The quantitative estimate of drug-likeness (QED) is 0.388. The molecular formula is C21H20FN7O2. The molecule has 1 unspecified atom stereocenters. The summed E-state index contributed by atoms with van der Waals surface area (Å²) in [5, 5.41) is 18.2. The van der Waals surface area contributed by atoms with Crippen LogP contribution in [0.4, 0.5) is 10.2 Å². The Hall–Kier alpha value is -3.95. The van der Waals surface area contributed by atoms with Crippen molar-refractivity contribution in [3.8, 4) is 5.88 Å². The van der Waals surface area contributed by atoms with Crippen molar-refractivity contribution in [1.29, 1.82) is 0 Å². The van der Waals surface area contributed by atoms with Gasteiger partial charge in [-0.25, -0.2) is 14.2 Å². The highest BCUT2D eigenvalue weighted by Crippen LogP contribution is 2.23. The molecule has 3 heterocycles. The number of anilines is 1. The minimum Gasteiger partial charge on any atom is -0.493 e. The van der Waals surface area contributed by atoms with E-state index < -0.39 is 5.69 Å². The Kier molecular flexibility index (Phi) is 4.54. The van der Waals surface area contributed by atoms with Gasteiger partial charge in [0.1, 0.15) is 17.3 Å². The van der Waals surface area contributed by atoms with Gasteiger partial charge in [0, 0.05) is 11.3 Å². The van der Waals surface area contributed by atoms with E-state index in [1.807, 2.05) is 19.1 Å². The number of aromatic amines is 2. The number of fused-ring (bicyclic) bond motifs is 1. The number of benzene rings is 1. The molecule has 31 heavy (non-hydrogen) atoms. The van der Waals surface area contributed by atoms with Gasteiger partial charge >= 0.3 is 5.69 Å². The van der Waals surface area contributed by atoms with E-state index in [0.29, 0.717) is 22.2 Å². The fourth-order valence-electron chi connectivity index (χ4n) is 3.35. The van der Waals surface area contributed by atoms with E-state index in [1.165, 1.54) is 12.1 Å². The molecule has 0 radical (unpaired) electrons. The molecule has 1 saturated carbocycles. The summed E-state index contributed by atoms with van der Waals surface area (Å²) in [6, 6.07) is 8.28. The highest BCUT2D eigenvalue weighted by atomic mass is 19.1. The van der Waals surface area contributed by atoms with Crippen LogP contribution in [0.15, 0.2) is 46.3 Å². The second kappa shape index (κ2) is 7.38. The summed E-state index contributed by atoms with van der Waals surface area (Å²) >= 11 is 0. The molecule has 0 bridgehead atoms. The Balaban J connectivity index is 1.62. The third-order valence-electron chi connectivity index (χ3n) is 5.09. The minimum atomic E-state index is -0.510. The third-order valence-corrected chi connectivity index (χ3v) is 5.09. The van der Waals surface area contributed by atoms with Crippen LogP contribution in [0.1, 0.15) is 37.1 Å². The summed E-state index contributed by atoms with van der Waals surface area (Å²) in [6.45, 7) is 1.92. The first-order valence-electron chi connectivity index (χ1n) is 9.94. The van der Waals surface area contributed by atoms with Crippen LogP contribution in [0.3, 0.4) is 0 Å². The molecular weight excluding hydrogens is 401 g/mol. The number of imidazole rings is 1. The molecule has 158 valence electrons. The first-order valence-corrected chi connectivity index (χ1v) is 9.94. The number of nitrogens with one attached hydrogen (secondary N) is 3. The number of aromatic hydroxyl groups is 1. The molecule has 1 aromatic carbocycles. The molecule has 4 N–H and O–H groups in total. The highest BCUT2D eigenvalue weighted by molar-refractivity contribution is 5.58. The largest absolute Gasteiger partial charge is 0.493 e. The maximum Gasteiger partial charge on any atom is 0.326 e. The summed E-state index contributed by atoms with van der Waals surface area (Å²) < 4.78 is 15.2. The van der Waals surface area contributed by atoms with Crippen LogP contribution >= 0.6 is 0 Å². The standard InChI is InChI=1S/C21H20FN7O2/c1-11(12-3-2-4-14(22)7-12)24-17-9-18(25-15-5-6-15)29-19(27-17)13(10-23-29)8-16-20(30)28-21(31)26-16/h2-4,7-11,15,24,30H,5-6H2,1H3,(H2,26,28,31)/b13-8+,25-18?. The zero-order valence-electron chi connectivity index (χ0n) is 16.6. The number of nitrogens with zero attached hydrogens (tertiary/aromatic N) is 4. The molecule has 1 aliphatic rings. The Labute approximate surface area is 175 Å². The lowest BCUT2D eigenvalue weighted by molar-refractivity contribution is 0.454. The smallest absolute Gasteiger partial charge is 0.326 e. The monoisotopic (exact) mass is 421 g/mol. The van der Waals surface area contributed by atoms with Crippen LogP contribution in [-0.2, 0) is 0 Å². The lowest BCUT2D eigenvalue weighted by atomic mass is 10.1. The van der Waals surface area contributed by atoms with E-state index in [4.69, 9.17) is 4.99 Å². The molecule has 3 aromatic heterocycles. The Morgan fingerprint density at radius 2 is 2.19 bits per heavy atom. The predicted octanol–water partition coefficient (Wildman–Crippen LogP) is 1.37. The zero-order valence-corrected chi connectivity index (χ0v) is 16.6. The number of hydrogen-bond donors (Lipinski definition) is 4. The van der Waals surface area contributed by atoms with Crippen molar-refractivity contribution in [3.63, 3.8) is 0 Å². The lowest BCUT2D eigenvalue weighted by Gasteiger charge is -2.15. The van der Waals surface area contributed by atoms with E-state index in [2.05, 4.69) is 25.4 Å². The van der Waals surface area contributed by atoms with Crippen LogP contribution in [-0.4, -0.2) is 35.7 Å². The summed E-state index contributed by atoms with van der Waals surface area (Å²) in [7, 11) is 0. The molecule has 0 saturated heterocycles. The van der Waals surface area contributed by atoms with Gasteiger partial charge in [-0.3, -0.25) is 9.98 Å². The summed E-state index contributed by atoms with van der Waals surface area (Å²) in [6.07, 6.45) is 5.25. The molecule has 5 rings (SSSR count). The molecule has 1 fully saturated rings. The van der Waals surface area contributed by atoms with Crippen LogP contribution < -0.4 is 21.7 Å². The normalized spacial score (nSPS) is 16.2. The van der Waals surface area contributed by atoms with Crippen molar-refractivity contribution in [2.45, 2.75) is 31.8 Å². The Morgan fingerprint density at radius 1 is 1.35 bits per heavy atom. The van der Waals surface area contributed by atoms with Gasteiger partial charge in [0.25, 0.3) is 0 Å².